The molecular formula is C24H35N7O. The summed E-state index contributed by atoms with van der Waals surface area (Å²) in [4.78, 5) is 24.0. The Balaban J connectivity index is 1.35. The predicted molar refractivity (Wildman–Crippen MR) is 128 cm³/mol. The number of aliphatic imine (C=N–C) groups is 1. The fourth-order valence-corrected chi connectivity index (χ4v) is 4.39. The first-order valence-electron chi connectivity index (χ1n) is 11.7. The van der Waals surface area contributed by atoms with E-state index in [9.17, 15) is 4.79 Å². The Morgan fingerprint density at radius 2 is 1.81 bits per heavy atom. The maximum atomic E-state index is 12.8. The van der Waals surface area contributed by atoms with Crippen LogP contribution in [0, 0.1) is 0 Å². The van der Waals surface area contributed by atoms with Crippen LogP contribution in [-0.4, -0.2) is 70.7 Å². The Bertz CT molecular complexity index is 915. The van der Waals surface area contributed by atoms with Crippen molar-refractivity contribution < 1.29 is 4.79 Å². The van der Waals surface area contributed by atoms with Gasteiger partial charge < -0.3 is 15.1 Å². The van der Waals surface area contributed by atoms with Gasteiger partial charge in [-0.25, -0.2) is 4.99 Å². The second-order valence-corrected chi connectivity index (χ2v) is 8.66. The van der Waals surface area contributed by atoms with Gasteiger partial charge in [0.15, 0.2) is 5.96 Å². The van der Waals surface area contributed by atoms with E-state index in [1.807, 2.05) is 18.1 Å². The Hall–Kier alpha value is -2.87. The van der Waals surface area contributed by atoms with Crippen molar-refractivity contribution in [1.29, 1.82) is 0 Å². The van der Waals surface area contributed by atoms with E-state index in [2.05, 4.69) is 46.5 Å². The zero-order valence-electron chi connectivity index (χ0n) is 19.3. The predicted octanol–water partition coefficient (Wildman–Crippen LogP) is 2.22. The van der Waals surface area contributed by atoms with E-state index in [1.54, 1.807) is 15.8 Å². The molecule has 0 saturated carbocycles. The summed E-state index contributed by atoms with van der Waals surface area (Å²) in [5.41, 5.74) is 3.40. The highest BCUT2D eigenvalue weighted by molar-refractivity contribution is 5.98. The van der Waals surface area contributed by atoms with E-state index in [0.717, 1.165) is 31.3 Å². The topological polar surface area (TPSA) is 69.0 Å². The van der Waals surface area contributed by atoms with E-state index < -0.39 is 0 Å². The molecule has 2 aliphatic heterocycles. The second kappa shape index (κ2) is 10.6. The third-order valence-corrected chi connectivity index (χ3v) is 6.15. The molecule has 8 nitrogen and oxygen atoms in total. The van der Waals surface area contributed by atoms with E-state index in [4.69, 9.17) is 4.99 Å². The van der Waals surface area contributed by atoms with Gasteiger partial charge in [0.25, 0.3) is 0 Å². The van der Waals surface area contributed by atoms with Crippen LogP contribution in [0.1, 0.15) is 37.3 Å². The van der Waals surface area contributed by atoms with Crippen LogP contribution in [0.2, 0.25) is 0 Å². The van der Waals surface area contributed by atoms with E-state index >= 15 is 0 Å². The van der Waals surface area contributed by atoms with Gasteiger partial charge in [0.1, 0.15) is 6.54 Å². The lowest BCUT2D eigenvalue weighted by molar-refractivity contribution is -0.120. The van der Waals surface area contributed by atoms with E-state index in [-0.39, 0.29) is 5.91 Å². The van der Waals surface area contributed by atoms with Gasteiger partial charge >= 0.3 is 0 Å². The number of carbonyl (C=O) groups is 1. The molecule has 1 aromatic heterocycles. The van der Waals surface area contributed by atoms with Crippen LogP contribution in [0.4, 0.5) is 5.69 Å². The summed E-state index contributed by atoms with van der Waals surface area (Å²) in [7, 11) is 1.86. The molecule has 0 unspecified atom stereocenters. The van der Waals surface area contributed by atoms with Crippen molar-refractivity contribution in [1.82, 2.24) is 24.9 Å². The SMILES string of the molecule is CCNC(=NCc1ccc(CN2CCCCC2)cc1)N1CCN(c2cnn(C)c2)C(=O)C1. The molecule has 32 heavy (non-hydrogen) atoms. The molecule has 0 atom stereocenters. The quantitative estimate of drug-likeness (QED) is 0.554. The van der Waals surface area contributed by atoms with Gasteiger partial charge in [-0.2, -0.15) is 5.10 Å². The van der Waals surface area contributed by atoms with E-state index in [0.29, 0.717) is 19.6 Å². The molecule has 8 heteroatoms. The standard InChI is InChI=1S/C24H35N7O/c1-3-25-24(30-13-14-31(23(32)19-30)22-16-27-28(2)18-22)26-15-20-7-9-21(10-8-20)17-29-11-5-4-6-12-29/h7-10,16,18H,3-6,11-15,17,19H2,1-2H3,(H,25,26). The molecule has 1 N–H and O–H groups in total. The van der Waals surface area contributed by atoms with Crippen LogP contribution in [-0.2, 0) is 24.9 Å². The number of aryl methyl sites for hydroxylation is 1. The lowest BCUT2D eigenvalue weighted by Gasteiger charge is -2.35. The number of anilines is 1. The number of piperidine rings is 1. The average Bonchev–Trinajstić information content (AvgIpc) is 3.24. The van der Waals surface area contributed by atoms with Crippen molar-refractivity contribution in [3.8, 4) is 0 Å². The van der Waals surface area contributed by atoms with Gasteiger partial charge in [0.05, 0.1) is 18.4 Å². The van der Waals surface area contributed by atoms with Gasteiger partial charge in [0, 0.05) is 39.4 Å². The normalized spacial score (nSPS) is 18.3. The maximum absolute atomic E-state index is 12.8. The summed E-state index contributed by atoms with van der Waals surface area (Å²) in [6.07, 6.45) is 7.62. The van der Waals surface area contributed by atoms with Crippen molar-refractivity contribution in [3.63, 3.8) is 0 Å². The van der Waals surface area contributed by atoms with Crippen LogP contribution < -0.4 is 10.2 Å². The Morgan fingerprint density at radius 1 is 1.06 bits per heavy atom. The van der Waals surface area contributed by atoms with Crippen LogP contribution in [0.25, 0.3) is 0 Å². The summed E-state index contributed by atoms with van der Waals surface area (Å²) in [5, 5.41) is 7.53. The number of nitrogens with zero attached hydrogens (tertiary/aromatic N) is 6. The van der Waals surface area contributed by atoms with Crippen molar-refractivity contribution in [3.05, 3.63) is 47.8 Å². The van der Waals surface area contributed by atoms with Crippen molar-refractivity contribution in [2.24, 2.45) is 12.0 Å². The molecule has 3 heterocycles. The average molecular weight is 438 g/mol. The lowest BCUT2D eigenvalue weighted by Crippen LogP contribution is -2.55. The number of hydrogen-bond acceptors (Lipinski definition) is 4. The molecule has 4 rings (SSSR count). The summed E-state index contributed by atoms with van der Waals surface area (Å²) >= 11 is 0. The van der Waals surface area contributed by atoms with Crippen LogP contribution in [0.3, 0.4) is 0 Å². The zero-order chi connectivity index (χ0) is 22.3. The van der Waals surface area contributed by atoms with Crippen molar-refractivity contribution in [2.45, 2.75) is 39.3 Å². The number of benzene rings is 1. The first-order valence-corrected chi connectivity index (χ1v) is 11.7. The molecule has 1 aromatic carbocycles. The van der Waals surface area contributed by atoms with Gasteiger partial charge in [-0.1, -0.05) is 30.7 Å². The monoisotopic (exact) mass is 437 g/mol. The van der Waals surface area contributed by atoms with Crippen LogP contribution in [0.5, 0.6) is 0 Å². The number of amides is 1. The smallest absolute Gasteiger partial charge is 0.246 e. The number of guanidine groups is 1. The van der Waals surface area contributed by atoms with Gasteiger partial charge in [-0.05, 0) is 44.0 Å². The third-order valence-electron chi connectivity index (χ3n) is 6.15. The van der Waals surface area contributed by atoms with Crippen LogP contribution >= 0.6 is 0 Å². The molecule has 2 fully saturated rings. The number of likely N-dealkylation sites (tertiary alicyclic amines) is 1. The number of carbonyl (C=O) groups excluding carboxylic acids is 1. The van der Waals surface area contributed by atoms with E-state index in [1.165, 1.54) is 43.5 Å². The van der Waals surface area contributed by atoms with Crippen molar-refractivity contribution in [2.75, 3.05) is 44.2 Å². The largest absolute Gasteiger partial charge is 0.356 e. The van der Waals surface area contributed by atoms with Crippen molar-refractivity contribution >= 4 is 17.6 Å². The minimum Gasteiger partial charge on any atom is -0.356 e. The molecule has 2 aromatic rings. The Labute approximate surface area is 190 Å². The molecule has 0 spiro atoms. The fourth-order valence-electron chi connectivity index (χ4n) is 4.39. The molecule has 0 bridgehead atoms. The number of aromatic nitrogens is 2. The summed E-state index contributed by atoms with van der Waals surface area (Å²) in [5.74, 6) is 0.862. The third kappa shape index (κ3) is 5.68. The first-order chi connectivity index (χ1) is 15.6. The molecule has 2 saturated heterocycles. The number of nitrogens with one attached hydrogen (secondary N) is 1. The minimum absolute atomic E-state index is 0.0666. The lowest BCUT2D eigenvalue weighted by atomic mass is 10.1. The molecule has 172 valence electrons. The first kappa shape index (κ1) is 22.3. The fraction of sp³-hybridized carbons (Fsp3) is 0.542. The maximum Gasteiger partial charge on any atom is 0.246 e. The van der Waals surface area contributed by atoms with Gasteiger partial charge in [0.2, 0.25) is 5.91 Å². The number of hydrogen-bond donors (Lipinski definition) is 1. The number of rotatable bonds is 6. The summed E-state index contributed by atoms with van der Waals surface area (Å²) in [6, 6.07) is 8.81. The molecule has 0 aliphatic carbocycles. The van der Waals surface area contributed by atoms with Gasteiger partial charge in [-0.3, -0.25) is 14.4 Å². The minimum atomic E-state index is 0.0666. The summed E-state index contributed by atoms with van der Waals surface area (Å²) < 4.78 is 1.72. The highest BCUT2D eigenvalue weighted by Gasteiger charge is 2.27. The molecule has 2 aliphatic rings. The highest BCUT2D eigenvalue weighted by atomic mass is 16.2. The Morgan fingerprint density at radius 3 is 2.47 bits per heavy atom. The second-order valence-electron chi connectivity index (χ2n) is 8.66. The zero-order valence-corrected chi connectivity index (χ0v) is 19.3. The van der Waals surface area contributed by atoms with Gasteiger partial charge in [-0.15, -0.1) is 0 Å². The summed E-state index contributed by atoms with van der Waals surface area (Å²) in [6.45, 7) is 8.56. The molecule has 0 radical (unpaired) electrons. The van der Waals surface area contributed by atoms with Crippen LogP contribution in [0.15, 0.2) is 41.7 Å². The highest BCUT2D eigenvalue weighted by Crippen LogP contribution is 2.17. The molecule has 1 amide bonds. The molecular weight excluding hydrogens is 402 g/mol. The number of piperazine rings is 1. The Kier molecular flexibility index (Phi) is 7.42.